The van der Waals surface area contributed by atoms with Gasteiger partial charge in [0.1, 0.15) is 11.8 Å². The van der Waals surface area contributed by atoms with Crippen molar-refractivity contribution in [3.05, 3.63) is 58.6 Å². The highest BCUT2D eigenvalue weighted by molar-refractivity contribution is 9.10. The molecule has 1 unspecified atom stereocenters. The van der Waals surface area contributed by atoms with E-state index in [0.29, 0.717) is 0 Å². The fraction of sp³-hybridized carbons (Fsp3) is 0.235. The van der Waals surface area contributed by atoms with Crippen LogP contribution < -0.4 is 10.1 Å². The van der Waals surface area contributed by atoms with Crippen molar-refractivity contribution in [1.82, 2.24) is 0 Å². The van der Waals surface area contributed by atoms with Crippen LogP contribution in [0.5, 0.6) is 5.75 Å². The Hall–Kier alpha value is -1.99. The first-order valence-electron chi connectivity index (χ1n) is 6.77. The van der Waals surface area contributed by atoms with Crippen molar-refractivity contribution in [2.24, 2.45) is 0 Å². The average molecular weight is 345 g/mol. The molecule has 0 radical (unpaired) electrons. The zero-order valence-corrected chi connectivity index (χ0v) is 13.6. The van der Waals surface area contributed by atoms with Crippen molar-refractivity contribution >= 4 is 21.6 Å². The van der Waals surface area contributed by atoms with Crippen LogP contribution in [0.1, 0.15) is 25.5 Å². The molecule has 0 bridgehead atoms. The van der Waals surface area contributed by atoms with Gasteiger partial charge in [0, 0.05) is 10.2 Å². The maximum Gasteiger partial charge on any atom is 0.140 e. The molecular weight excluding hydrogens is 328 g/mol. The smallest absolute Gasteiger partial charge is 0.140 e. The van der Waals surface area contributed by atoms with Gasteiger partial charge in [-0.2, -0.15) is 5.26 Å². The Morgan fingerprint density at radius 2 is 1.86 bits per heavy atom. The summed E-state index contributed by atoms with van der Waals surface area (Å²) in [6, 6.07) is 17.2. The molecule has 0 amide bonds. The molecule has 4 heteroatoms. The number of ether oxygens (including phenoxy) is 1. The van der Waals surface area contributed by atoms with Crippen LogP contribution >= 0.6 is 15.9 Å². The molecule has 0 spiro atoms. The average Bonchev–Trinajstić information content (AvgIpc) is 2.46. The molecule has 0 saturated heterocycles. The third kappa shape index (κ3) is 4.51. The van der Waals surface area contributed by atoms with Gasteiger partial charge >= 0.3 is 0 Å². The number of halogens is 1. The first kappa shape index (κ1) is 15.4. The van der Waals surface area contributed by atoms with Crippen molar-refractivity contribution in [1.29, 1.82) is 5.26 Å². The van der Waals surface area contributed by atoms with Crippen molar-refractivity contribution in [2.45, 2.75) is 26.0 Å². The third-order valence-corrected chi connectivity index (χ3v) is 3.38. The van der Waals surface area contributed by atoms with Crippen LogP contribution in [0.4, 0.5) is 5.69 Å². The molecule has 2 aromatic rings. The number of hydrogen-bond acceptors (Lipinski definition) is 3. The molecule has 0 fully saturated rings. The number of anilines is 1. The Bertz CT molecular complexity index is 632. The Kier molecular flexibility index (Phi) is 5.24. The van der Waals surface area contributed by atoms with Crippen LogP contribution in [0.3, 0.4) is 0 Å². The van der Waals surface area contributed by atoms with E-state index in [1.807, 2.05) is 62.4 Å². The summed E-state index contributed by atoms with van der Waals surface area (Å²) in [7, 11) is 0. The quantitative estimate of drug-likeness (QED) is 0.837. The van der Waals surface area contributed by atoms with Crippen molar-refractivity contribution in [2.75, 3.05) is 5.32 Å². The summed E-state index contributed by atoms with van der Waals surface area (Å²) >= 11 is 3.40. The summed E-state index contributed by atoms with van der Waals surface area (Å²) < 4.78 is 6.68. The van der Waals surface area contributed by atoms with E-state index in [0.717, 1.165) is 21.5 Å². The van der Waals surface area contributed by atoms with E-state index >= 15 is 0 Å². The van der Waals surface area contributed by atoms with Crippen molar-refractivity contribution < 1.29 is 4.74 Å². The van der Waals surface area contributed by atoms with E-state index in [1.165, 1.54) is 0 Å². The Labute approximate surface area is 133 Å². The Morgan fingerprint density at radius 3 is 2.48 bits per heavy atom. The zero-order chi connectivity index (χ0) is 15.2. The second kappa shape index (κ2) is 7.14. The lowest BCUT2D eigenvalue weighted by molar-refractivity contribution is 0.242. The van der Waals surface area contributed by atoms with Gasteiger partial charge < -0.3 is 10.1 Å². The molecule has 21 heavy (non-hydrogen) atoms. The number of rotatable bonds is 5. The first-order valence-corrected chi connectivity index (χ1v) is 7.56. The highest BCUT2D eigenvalue weighted by Gasteiger charge is 2.11. The van der Waals surface area contributed by atoms with Gasteiger partial charge in [-0.3, -0.25) is 0 Å². The number of hydrogen-bond donors (Lipinski definition) is 1. The van der Waals surface area contributed by atoms with E-state index in [-0.39, 0.29) is 6.10 Å². The number of nitriles is 1. The molecule has 1 N–H and O–H groups in total. The molecule has 1 atom stereocenters. The van der Waals surface area contributed by atoms with Crippen molar-refractivity contribution in [3.63, 3.8) is 0 Å². The third-order valence-electron chi connectivity index (χ3n) is 2.85. The zero-order valence-electron chi connectivity index (χ0n) is 12.0. The SMILES string of the molecule is CC(C)Oc1cccc(C(C#N)Nc2ccc(Br)cc2)c1. The summed E-state index contributed by atoms with van der Waals surface area (Å²) in [5, 5.41) is 12.6. The lowest BCUT2D eigenvalue weighted by atomic mass is 10.1. The molecule has 0 aromatic heterocycles. The minimum atomic E-state index is -0.415. The summed E-state index contributed by atoms with van der Waals surface area (Å²) in [5.41, 5.74) is 1.79. The monoisotopic (exact) mass is 344 g/mol. The summed E-state index contributed by atoms with van der Waals surface area (Å²) in [4.78, 5) is 0. The fourth-order valence-corrected chi connectivity index (χ4v) is 2.21. The number of benzene rings is 2. The van der Waals surface area contributed by atoms with E-state index in [9.17, 15) is 5.26 Å². The minimum Gasteiger partial charge on any atom is -0.491 e. The van der Waals surface area contributed by atoms with Gasteiger partial charge in [0.15, 0.2) is 0 Å². The summed E-state index contributed by atoms with van der Waals surface area (Å²) in [6.45, 7) is 3.96. The molecule has 0 aliphatic rings. The van der Waals surface area contributed by atoms with E-state index in [4.69, 9.17) is 4.74 Å². The van der Waals surface area contributed by atoms with Crippen molar-refractivity contribution in [3.8, 4) is 11.8 Å². The van der Waals surface area contributed by atoms with Gasteiger partial charge in [0.25, 0.3) is 0 Å². The molecule has 0 aliphatic carbocycles. The van der Waals surface area contributed by atoms with Crippen LogP contribution in [-0.4, -0.2) is 6.10 Å². The standard InChI is InChI=1S/C17H17BrN2O/c1-12(2)21-16-5-3-4-13(10-16)17(11-19)20-15-8-6-14(18)7-9-15/h3-10,12,17,20H,1-2H3. The maximum atomic E-state index is 9.41. The van der Waals surface area contributed by atoms with E-state index in [2.05, 4.69) is 27.3 Å². The highest BCUT2D eigenvalue weighted by Crippen LogP contribution is 2.24. The lowest BCUT2D eigenvalue weighted by Crippen LogP contribution is -2.10. The van der Waals surface area contributed by atoms with Crippen LogP contribution in [0.25, 0.3) is 0 Å². The highest BCUT2D eigenvalue weighted by atomic mass is 79.9. The molecule has 2 rings (SSSR count). The first-order chi connectivity index (χ1) is 10.1. The number of nitrogens with one attached hydrogen (secondary N) is 1. The number of nitrogens with zero attached hydrogens (tertiary/aromatic N) is 1. The van der Waals surface area contributed by atoms with Gasteiger partial charge in [-0.1, -0.05) is 28.1 Å². The fourth-order valence-electron chi connectivity index (χ4n) is 1.94. The molecular formula is C17H17BrN2O. The predicted octanol–water partition coefficient (Wildman–Crippen LogP) is 4.91. The molecule has 0 heterocycles. The maximum absolute atomic E-state index is 9.41. The van der Waals surface area contributed by atoms with Crippen LogP contribution in [0.2, 0.25) is 0 Å². The van der Waals surface area contributed by atoms with Gasteiger partial charge in [0.05, 0.1) is 12.2 Å². The molecule has 108 valence electrons. The molecule has 3 nitrogen and oxygen atoms in total. The molecule has 0 saturated carbocycles. The predicted molar refractivity (Wildman–Crippen MR) is 88.3 cm³/mol. The largest absolute Gasteiger partial charge is 0.491 e. The lowest BCUT2D eigenvalue weighted by Gasteiger charge is -2.15. The molecule has 0 aliphatic heterocycles. The van der Waals surface area contributed by atoms with Crippen LogP contribution in [0.15, 0.2) is 53.0 Å². The van der Waals surface area contributed by atoms with Gasteiger partial charge in [-0.25, -0.2) is 0 Å². The minimum absolute atomic E-state index is 0.111. The summed E-state index contributed by atoms with van der Waals surface area (Å²) in [5.74, 6) is 0.778. The summed E-state index contributed by atoms with van der Waals surface area (Å²) in [6.07, 6.45) is 0.111. The topological polar surface area (TPSA) is 45.0 Å². The van der Waals surface area contributed by atoms with Crippen LogP contribution in [0, 0.1) is 11.3 Å². The van der Waals surface area contributed by atoms with Gasteiger partial charge in [0.2, 0.25) is 0 Å². The second-order valence-electron chi connectivity index (χ2n) is 4.95. The second-order valence-corrected chi connectivity index (χ2v) is 5.87. The normalized spacial score (nSPS) is 11.8. The molecule has 2 aromatic carbocycles. The van der Waals surface area contributed by atoms with Gasteiger partial charge in [-0.15, -0.1) is 0 Å². The van der Waals surface area contributed by atoms with E-state index in [1.54, 1.807) is 0 Å². The Morgan fingerprint density at radius 1 is 1.14 bits per heavy atom. The van der Waals surface area contributed by atoms with E-state index < -0.39 is 6.04 Å². The van der Waals surface area contributed by atoms with Gasteiger partial charge in [-0.05, 0) is 55.8 Å². The van der Waals surface area contributed by atoms with Crippen LogP contribution in [-0.2, 0) is 0 Å². The Balaban J connectivity index is 2.17.